The summed E-state index contributed by atoms with van der Waals surface area (Å²) in [5, 5.41) is 2.82. The molecule has 7 heteroatoms. The summed E-state index contributed by atoms with van der Waals surface area (Å²) in [6.07, 6.45) is 0.625. The summed E-state index contributed by atoms with van der Waals surface area (Å²) in [5.41, 5.74) is 1.01. The third-order valence-corrected chi connectivity index (χ3v) is 5.22. The van der Waals surface area contributed by atoms with Gasteiger partial charge in [0, 0.05) is 11.9 Å². The van der Waals surface area contributed by atoms with E-state index < -0.39 is 10.0 Å². The first-order valence-electron chi connectivity index (χ1n) is 6.63. The van der Waals surface area contributed by atoms with Crippen molar-refractivity contribution in [2.45, 2.75) is 40.3 Å². The van der Waals surface area contributed by atoms with Gasteiger partial charge in [-0.2, -0.15) is 0 Å². The number of hydrogen-bond acceptors (Lipinski definition) is 5. The maximum atomic E-state index is 11.5. The molecule has 0 saturated carbocycles. The van der Waals surface area contributed by atoms with Crippen LogP contribution in [0.5, 0.6) is 0 Å². The third-order valence-electron chi connectivity index (χ3n) is 2.80. The molecule has 0 saturated heterocycles. The fourth-order valence-electron chi connectivity index (χ4n) is 1.69. The molecule has 1 aromatic heterocycles. The average Bonchev–Trinajstić information content (AvgIpc) is 2.81. The van der Waals surface area contributed by atoms with Gasteiger partial charge < -0.3 is 0 Å². The summed E-state index contributed by atoms with van der Waals surface area (Å²) in [4.78, 5) is 6.74. The van der Waals surface area contributed by atoms with Gasteiger partial charge in [-0.25, -0.2) is 18.1 Å². The second kappa shape index (κ2) is 7.94. The number of rotatable bonds is 9. The maximum absolute atomic E-state index is 11.5. The normalized spacial score (nSPS) is 12.2. The largest absolute Gasteiger partial charge is 0.298 e. The summed E-state index contributed by atoms with van der Waals surface area (Å²) in [6.45, 7) is 9.20. The van der Waals surface area contributed by atoms with E-state index in [0.29, 0.717) is 13.0 Å². The zero-order valence-corrected chi connectivity index (χ0v) is 13.5. The molecule has 1 rings (SSSR count). The Balaban J connectivity index is 2.51. The minimum absolute atomic E-state index is 0.171. The second-order valence-corrected chi connectivity index (χ2v) is 7.20. The van der Waals surface area contributed by atoms with Crippen LogP contribution in [0.4, 0.5) is 0 Å². The molecular weight excluding hydrogens is 282 g/mol. The number of thiazole rings is 1. The fourth-order valence-corrected chi connectivity index (χ4v) is 3.55. The highest BCUT2D eigenvalue weighted by Gasteiger charge is 2.10. The minimum Gasteiger partial charge on any atom is -0.298 e. The van der Waals surface area contributed by atoms with Gasteiger partial charge in [-0.15, -0.1) is 11.3 Å². The van der Waals surface area contributed by atoms with E-state index in [4.69, 9.17) is 0 Å². The Labute approximate surface area is 120 Å². The zero-order valence-electron chi connectivity index (χ0n) is 11.8. The van der Waals surface area contributed by atoms with Crippen molar-refractivity contribution >= 4 is 21.4 Å². The number of aromatic nitrogens is 1. The molecule has 0 aromatic carbocycles. The molecule has 0 radical (unpaired) electrons. The lowest BCUT2D eigenvalue weighted by Gasteiger charge is -2.15. The molecular formula is C12H23N3O2S2. The van der Waals surface area contributed by atoms with Crippen LogP contribution in [-0.2, 0) is 23.1 Å². The zero-order chi connectivity index (χ0) is 14.3. The predicted octanol–water partition coefficient (Wildman–Crippen LogP) is 1.81. The molecule has 0 fully saturated rings. The van der Waals surface area contributed by atoms with Gasteiger partial charge >= 0.3 is 0 Å². The van der Waals surface area contributed by atoms with Gasteiger partial charge in [0.2, 0.25) is 10.0 Å². The summed E-state index contributed by atoms with van der Waals surface area (Å²) < 4.78 is 25.7. The molecule has 5 nitrogen and oxygen atoms in total. The van der Waals surface area contributed by atoms with E-state index in [2.05, 4.69) is 28.5 Å². The van der Waals surface area contributed by atoms with E-state index in [-0.39, 0.29) is 5.75 Å². The van der Waals surface area contributed by atoms with Crippen molar-refractivity contribution in [2.75, 3.05) is 18.8 Å². The standard InChI is InChI=1S/C12H23N3O2S2/c1-4-7-19(16,17)13-8-12-14-11(10-18-12)9-15(5-2)6-3/h10,13H,4-9H2,1-3H3. The highest BCUT2D eigenvalue weighted by atomic mass is 32.2. The van der Waals surface area contributed by atoms with E-state index in [1.165, 1.54) is 11.3 Å². The quantitative estimate of drug-likeness (QED) is 0.756. The predicted molar refractivity (Wildman–Crippen MR) is 79.7 cm³/mol. The molecule has 0 unspecified atom stereocenters. The first kappa shape index (κ1) is 16.6. The lowest BCUT2D eigenvalue weighted by molar-refractivity contribution is 0.292. The van der Waals surface area contributed by atoms with Crippen molar-refractivity contribution in [3.05, 3.63) is 16.1 Å². The molecule has 0 aliphatic heterocycles. The van der Waals surface area contributed by atoms with Crippen LogP contribution in [0.3, 0.4) is 0 Å². The Morgan fingerprint density at radius 3 is 2.58 bits per heavy atom. The summed E-state index contributed by atoms with van der Waals surface area (Å²) >= 11 is 1.51. The van der Waals surface area contributed by atoms with E-state index >= 15 is 0 Å². The van der Waals surface area contributed by atoms with E-state index in [1.807, 2.05) is 12.3 Å². The Hall–Kier alpha value is -0.500. The Bertz CT molecular complexity index is 467. The summed E-state index contributed by atoms with van der Waals surface area (Å²) in [5.74, 6) is 0.171. The molecule has 0 bridgehead atoms. The fraction of sp³-hybridized carbons (Fsp3) is 0.750. The molecule has 0 aliphatic carbocycles. The van der Waals surface area contributed by atoms with Crippen LogP contribution in [0.25, 0.3) is 0 Å². The van der Waals surface area contributed by atoms with E-state index in [0.717, 1.165) is 30.3 Å². The molecule has 110 valence electrons. The monoisotopic (exact) mass is 305 g/mol. The SMILES string of the molecule is CCCS(=O)(=O)NCc1nc(CN(CC)CC)cs1. The molecule has 19 heavy (non-hydrogen) atoms. The van der Waals surface area contributed by atoms with Crippen molar-refractivity contribution in [2.24, 2.45) is 0 Å². The average molecular weight is 305 g/mol. The van der Waals surface area contributed by atoms with Crippen LogP contribution in [0, 0.1) is 0 Å². The molecule has 0 aliphatic rings. The van der Waals surface area contributed by atoms with Gasteiger partial charge in [0.1, 0.15) is 5.01 Å². The van der Waals surface area contributed by atoms with Crippen LogP contribution < -0.4 is 4.72 Å². The first-order chi connectivity index (χ1) is 9.00. The van der Waals surface area contributed by atoms with Crippen molar-refractivity contribution in [3.63, 3.8) is 0 Å². The third kappa shape index (κ3) is 5.99. The number of sulfonamides is 1. The molecule has 0 atom stereocenters. The van der Waals surface area contributed by atoms with Crippen LogP contribution >= 0.6 is 11.3 Å². The number of hydrogen-bond donors (Lipinski definition) is 1. The number of nitrogens with zero attached hydrogens (tertiary/aromatic N) is 2. The summed E-state index contributed by atoms with van der Waals surface area (Å²) in [7, 11) is -3.15. The molecule has 1 aromatic rings. The van der Waals surface area contributed by atoms with Gasteiger partial charge in [0.15, 0.2) is 0 Å². The maximum Gasteiger partial charge on any atom is 0.211 e. The van der Waals surface area contributed by atoms with E-state index in [1.54, 1.807) is 0 Å². The van der Waals surface area contributed by atoms with Crippen molar-refractivity contribution in [3.8, 4) is 0 Å². The van der Waals surface area contributed by atoms with Gasteiger partial charge in [0.25, 0.3) is 0 Å². The Morgan fingerprint density at radius 2 is 2.00 bits per heavy atom. The van der Waals surface area contributed by atoms with Crippen LogP contribution in [-0.4, -0.2) is 37.1 Å². The molecule has 1 N–H and O–H groups in total. The van der Waals surface area contributed by atoms with Gasteiger partial charge in [0.05, 0.1) is 18.0 Å². The van der Waals surface area contributed by atoms with Gasteiger partial charge in [-0.05, 0) is 19.5 Å². The van der Waals surface area contributed by atoms with Gasteiger partial charge in [-0.3, -0.25) is 4.90 Å². The van der Waals surface area contributed by atoms with Gasteiger partial charge in [-0.1, -0.05) is 20.8 Å². The Kier molecular flexibility index (Phi) is 6.92. The highest BCUT2D eigenvalue weighted by Crippen LogP contribution is 2.12. The Morgan fingerprint density at radius 1 is 1.32 bits per heavy atom. The molecule has 0 amide bonds. The lowest BCUT2D eigenvalue weighted by atomic mass is 10.4. The highest BCUT2D eigenvalue weighted by molar-refractivity contribution is 7.89. The van der Waals surface area contributed by atoms with Crippen molar-refractivity contribution in [1.82, 2.24) is 14.6 Å². The van der Waals surface area contributed by atoms with Crippen LogP contribution in [0.2, 0.25) is 0 Å². The lowest BCUT2D eigenvalue weighted by Crippen LogP contribution is -2.25. The number of nitrogens with one attached hydrogen (secondary N) is 1. The van der Waals surface area contributed by atoms with Crippen molar-refractivity contribution < 1.29 is 8.42 Å². The van der Waals surface area contributed by atoms with Crippen LogP contribution in [0.15, 0.2) is 5.38 Å². The molecule has 0 spiro atoms. The topological polar surface area (TPSA) is 62.3 Å². The second-order valence-electron chi connectivity index (χ2n) is 4.33. The minimum atomic E-state index is -3.15. The van der Waals surface area contributed by atoms with Crippen LogP contribution in [0.1, 0.15) is 37.9 Å². The first-order valence-corrected chi connectivity index (χ1v) is 9.16. The molecule has 1 heterocycles. The summed E-state index contributed by atoms with van der Waals surface area (Å²) in [6, 6.07) is 0. The van der Waals surface area contributed by atoms with E-state index in [9.17, 15) is 8.42 Å². The smallest absolute Gasteiger partial charge is 0.211 e. The van der Waals surface area contributed by atoms with Crippen molar-refractivity contribution in [1.29, 1.82) is 0 Å².